The molecule has 0 aliphatic carbocycles. The Hall–Kier alpha value is -4.22. The molecule has 11 heteroatoms. The summed E-state index contributed by atoms with van der Waals surface area (Å²) in [5.74, 6) is 2.50. The number of rotatable bonds is 10. The summed E-state index contributed by atoms with van der Waals surface area (Å²) < 4.78 is 32.2. The van der Waals surface area contributed by atoms with Crippen LogP contribution in [0.1, 0.15) is 38.8 Å². The van der Waals surface area contributed by atoms with Gasteiger partial charge in [0.05, 0.1) is 27.6 Å². The van der Waals surface area contributed by atoms with Gasteiger partial charge in [0.1, 0.15) is 17.4 Å². The van der Waals surface area contributed by atoms with E-state index in [4.69, 9.17) is 14.7 Å². The minimum atomic E-state index is -3.51. The molecular formula is C33H41N7O3S. The van der Waals surface area contributed by atoms with Gasteiger partial charge in [0.15, 0.2) is 9.84 Å². The Morgan fingerprint density at radius 2 is 1.64 bits per heavy atom. The molecule has 0 atom stereocenters. The lowest BCUT2D eigenvalue weighted by Gasteiger charge is -2.28. The Morgan fingerprint density at radius 3 is 2.32 bits per heavy atom. The number of sulfone groups is 1. The number of hydrogen-bond donors (Lipinski definition) is 3. The van der Waals surface area contributed by atoms with Gasteiger partial charge in [-0.05, 0) is 89.1 Å². The minimum absolute atomic E-state index is 0.0450. The van der Waals surface area contributed by atoms with Crippen LogP contribution < -0.4 is 25.6 Å². The zero-order valence-corrected chi connectivity index (χ0v) is 27.0. The molecule has 0 bridgehead atoms. The summed E-state index contributed by atoms with van der Waals surface area (Å²) in [4.78, 5) is 16.5. The Kier molecular flexibility index (Phi) is 9.36. The van der Waals surface area contributed by atoms with E-state index in [9.17, 15) is 8.42 Å². The van der Waals surface area contributed by atoms with E-state index in [1.54, 1.807) is 44.3 Å². The maximum Gasteiger partial charge on any atom is 0.229 e. The third kappa shape index (κ3) is 6.95. The Morgan fingerprint density at radius 1 is 0.886 bits per heavy atom. The molecule has 4 aromatic rings. The summed E-state index contributed by atoms with van der Waals surface area (Å²) >= 11 is 0. The molecule has 0 spiro atoms. The summed E-state index contributed by atoms with van der Waals surface area (Å²) in [5.41, 5.74) is 5.01. The van der Waals surface area contributed by atoms with Crippen LogP contribution in [0.25, 0.3) is 11.1 Å². The van der Waals surface area contributed by atoms with Gasteiger partial charge in [0.25, 0.3) is 0 Å². The number of piperazine rings is 1. The normalized spacial score (nSPS) is 13.8. The first-order valence-electron chi connectivity index (χ1n) is 15.0. The number of aromatic nitrogens is 3. The average molecular weight is 616 g/mol. The topological polar surface area (TPSA) is 121 Å². The molecule has 1 aliphatic heterocycles. The highest BCUT2D eigenvalue weighted by Gasteiger charge is 2.23. The molecule has 232 valence electrons. The van der Waals surface area contributed by atoms with Crippen LogP contribution in [0, 0.1) is 13.8 Å². The van der Waals surface area contributed by atoms with Crippen molar-refractivity contribution in [2.75, 3.05) is 41.7 Å². The van der Waals surface area contributed by atoms with Crippen molar-refractivity contribution in [2.24, 2.45) is 0 Å². The lowest BCUT2D eigenvalue weighted by molar-refractivity contribution is 0.243. The van der Waals surface area contributed by atoms with Crippen LogP contribution in [0.5, 0.6) is 5.75 Å². The number of para-hydroxylation sites is 1. The molecule has 2 aromatic heterocycles. The maximum absolute atomic E-state index is 13.0. The monoisotopic (exact) mass is 615 g/mol. The van der Waals surface area contributed by atoms with Gasteiger partial charge >= 0.3 is 0 Å². The predicted octanol–water partition coefficient (Wildman–Crippen LogP) is 6.02. The second kappa shape index (κ2) is 13.2. The van der Waals surface area contributed by atoms with Crippen LogP contribution in [-0.2, 0) is 9.84 Å². The summed E-state index contributed by atoms with van der Waals surface area (Å²) in [5, 5.41) is 9.41. The summed E-state index contributed by atoms with van der Waals surface area (Å²) in [6.07, 6.45) is 3.57. The van der Waals surface area contributed by atoms with Crippen LogP contribution in [0.3, 0.4) is 0 Å². The SMILES string of the molecule is Cc1cc(OC(C)C)c(Nc2ncc(C)c(Nc3ccccc3S(=O)(=O)C(C)C)n2)cc1-c1ccc(N2CCNCC2)nc1. The van der Waals surface area contributed by atoms with E-state index >= 15 is 0 Å². The van der Waals surface area contributed by atoms with E-state index in [0.717, 1.165) is 54.3 Å². The van der Waals surface area contributed by atoms with Gasteiger partial charge < -0.3 is 25.6 Å². The highest BCUT2D eigenvalue weighted by atomic mass is 32.2. The Bertz CT molecular complexity index is 1720. The fourth-order valence-corrected chi connectivity index (χ4v) is 6.22. The molecule has 1 saturated heterocycles. The van der Waals surface area contributed by atoms with Gasteiger partial charge in [-0.2, -0.15) is 4.98 Å². The van der Waals surface area contributed by atoms with Crippen LogP contribution in [0.2, 0.25) is 0 Å². The number of nitrogens with one attached hydrogen (secondary N) is 3. The van der Waals surface area contributed by atoms with Crippen LogP contribution in [0.4, 0.5) is 29.0 Å². The molecule has 3 heterocycles. The van der Waals surface area contributed by atoms with Crippen molar-refractivity contribution >= 4 is 38.8 Å². The second-order valence-corrected chi connectivity index (χ2v) is 14.0. The number of nitrogens with zero attached hydrogens (tertiary/aromatic N) is 4. The quantitative estimate of drug-likeness (QED) is 0.195. The zero-order chi connectivity index (χ0) is 31.4. The predicted molar refractivity (Wildman–Crippen MR) is 177 cm³/mol. The summed E-state index contributed by atoms with van der Waals surface area (Å²) in [7, 11) is -3.51. The average Bonchev–Trinajstić information content (AvgIpc) is 3.00. The van der Waals surface area contributed by atoms with E-state index < -0.39 is 15.1 Å². The number of benzene rings is 2. The zero-order valence-electron chi connectivity index (χ0n) is 26.2. The van der Waals surface area contributed by atoms with E-state index in [1.807, 2.05) is 39.1 Å². The summed E-state index contributed by atoms with van der Waals surface area (Å²) in [6, 6.07) is 15.1. The minimum Gasteiger partial charge on any atom is -0.489 e. The van der Waals surface area contributed by atoms with Gasteiger partial charge in [0.2, 0.25) is 5.95 Å². The van der Waals surface area contributed by atoms with E-state index in [-0.39, 0.29) is 11.0 Å². The van der Waals surface area contributed by atoms with E-state index in [2.05, 4.69) is 44.9 Å². The van der Waals surface area contributed by atoms with Crippen molar-refractivity contribution in [3.05, 3.63) is 72.1 Å². The molecule has 0 unspecified atom stereocenters. The lowest BCUT2D eigenvalue weighted by Crippen LogP contribution is -2.43. The molecule has 5 rings (SSSR count). The van der Waals surface area contributed by atoms with Crippen molar-refractivity contribution in [3.8, 4) is 16.9 Å². The van der Waals surface area contributed by atoms with Crippen molar-refractivity contribution in [3.63, 3.8) is 0 Å². The fraction of sp³-hybridized carbons (Fsp3) is 0.364. The molecule has 0 saturated carbocycles. The number of pyridine rings is 1. The highest BCUT2D eigenvalue weighted by molar-refractivity contribution is 7.92. The first-order chi connectivity index (χ1) is 21.0. The van der Waals surface area contributed by atoms with Crippen molar-refractivity contribution in [1.29, 1.82) is 0 Å². The number of ether oxygens (including phenoxy) is 1. The van der Waals surface area contributed by atoms with Gasteiger partial charge in [0, 0.05) is 49.7 Å². The molecule has 1 fully saturated rings. The third-order valence-electron chi connectivity index (χ3n) is 7.47. The van der Waals surface area contributed by atoms with Crippen molar-refractivity contribution in [1.82, 2.24) is 20.3 Å². The second-order valence-electron chi connectivity index (χ2n) is 11.5. The van der Waals surface area contributed by atoms with Crippen LogP contribution >= 0.6 is 0 Å². The first kappa shape index (κ1) is 31.2. The van der Waals surface area contributed by atoms with Gasteiger partial charge in [-0.1, -0.05) is 12.1 Å². The van der Waals surface area contributed by atoms with Crippen molar-refractivity contribution in [2.45, 2.75) is 57.8 Å². The molecule has 2 aromatic carbocycles. The first-order valence-corrected chi connectivity index (χ1v) is 16.5. The molecule has 10 nitrogen and oxygen atoms in total. The van der Waals surface area contributed by atoms with E-state index in [1.165, 1.54) is 0 Å². The molecule has 1 aliphatic rings. The maximum atomic E-state index is 13.0. The highest BCUT2D eigenvalue weighted by Crippen LogP contribution is 2.37. The lowest BCUT2D eigenvalue weighted by atomic mass is 10.0. The van der Waals surface area contributed by atoms with Gasteiger partial charge in [-0.3, -0.25) is 0 Å². The standard InChI is InChI=1S/C33H41N7O3S/c1-21(2)43-29-17-23(5)26(25-11-12-31(35-20-25)40-15-13-34-14-16-40)18-28(29)38-33-36-19-24(6)32(39-33)37-27-9-7-8-10-30(27)44(41,42)22(3)4/h7-12,17-22,34H,13-16H2,1-6H3,(H2,36,37,38,39). The Balaban J connectivity index is 1.47. The molecule has 44 heavy (non-hydrogen) atoms. The van der Waals surface area contributed by atoms with E-state index in [0.29, 0.717) is 28.9 Å². The van der Waals surface area contributed by atoms with Crippen LogP contribution in [0.15, 0.2) is 65.8 Å². The number of aryl methyl sites for hydroxylation is 2. The Labute approximate surface area is 260 Å². The molecule has 0 radical (unpaired) electrons. The fourth-order valence-electron chi connectivity index (χ4n) is 5.02. The molecular weight excluding hydrogens is 574 g/mol. The molecule has 0 amide bonds. The number of anilines is 5. The van der Waals surface area contributed by atoms with Gasteiger partial charge in [-0.25, -0.2) is 18.4 Å². The van der Waals surface area contributed by atoms with Crippen LogP contribution in [-0.4, -0.2) is 60.9 Å². The summed E-state index contributed by atoms with van der Waals surface area (Å²) in [6.45, 7) is 15.0. The third-order valence-corrected chi connectivity index (χ3v) is 9.68. The smallest absolute Gasteiger partial charge is 0.229 e. The number of hydrogen-bond acceptors (Lipinski definition) is 10. The van der Waals surface area contributed by atoms with Gasteiger partial charge in [-0.15, -0.1) is 0 Å². The largest absolute Gasteiger partial charge is 0.489 e. The molecule has 3 N–H and O–H groups in total. The van der Waals surface area contributed by atoms with Crippen molar-refractivity contribution < 1.29 is 13.2 Å².